The summed E-state index contributed by atoms with van der Waals surface area (Å²) in [5, 5.41) is 6.36. The van der Waals surface area contributed by atoms with Gasteiger partial charge >= 0.3 is 0 Å². The van der Waals surface area contributed by atoms with Crippen molar-refractivity contribution in [3.63, 3.8) is 0 Å². The number of amidine groups is 1. The third-order valence-corrected chi connectivity index (χ3v) is 4.27. The van der Waals surface area contributed by atoms with Crippen molar-refractivity contribution in [1.82, 2.24) is 4.98 Å². The highest BCUT2D eigenvalue weighted by Gasteiger charge is 2.08. The molecule has 0 bridgehead atoms. The highest BCUT2D eigenvalue weighted by Crippen LogP contribution is 2.26. The van der Waals surface area contributed by atoms with Gasteiger partial charge in [0.1, 0.15) is 11.6 Å². The second-order valence-corrected chi connectivity index (χ2v) is 5.89. The molecule has 22 heavy (non-hydrogen) atoms. The molecular formula is C16H20BrN3OS. The number of aromatic nitrogens is 1. The first kappa shape index (κ1) is 17.0. The number of ether oxygens (including phenoxy) is 1. The lowest BCUT2D eigenvalue weighted by molar-refractivity contribution is 0.415. The summed E-state index contributed by atoms with van der Waals surface area (Å²) in [5.41, 5.74) is 2.09. The summed E-state index contributed by atoms with van der Waals surface area (Å²) < 4.78 is 5.18. The Morgan fingerprint density at radius 3 is 2.73 bits per heavy atom. The molecule has 1 aromatic heterocycles. The monoisotopic (exact) mass is 381 g/mol. The molecule has 0 spiro atoms. The maximum atomic E-state index is 5.18. The van der Waals surface area contributed by atoms with Gasteiger partial charge in [-0.15, -0.1) is 28.3 Å². The summed E-state index contributed by atoms with van der Waals surface area (Å²) in [6.07, 6.45) is 4.70. The predicted octanol–water partition coefficient (Wildman–Crippen LogP) is 4.78. The van der Waals surface area contributed by atoms with E-state index < -0.39 is 0 Å². The van der Waals surface area contributed by atoms with Crippen LogP contribution in [0.15, 0.2) is 34.6 Å². The number of nitrogens with one attached hydrogen (secondary N) is 1. The van der Waals surface area contributed by atoms with Crippen LogP contribution in [0.1, 0.15) is 25.7 Å². The van der Waals surface area contributed by atoms with E-state index in [1.54, 1.807) is 18.4 Å². The maximum absolute atomic E-state index is 5.18. The number of hydrogen-bond donors (Lipinski definition) is 1. The van der Waals surface area contributed by atoms with Gasteiger partial charge in [0.05, 0.1) is 12.8 Å². The van der Waals surface area contributed by atoms with E-state index in [0.29, 0.717) is 0 Å². The third kappa shape index (κ3) is 4.30. The van der Waals surface area contributed by atoms with Crippen molar-refractivity contribution >= 4 is 39.3 Å². The highest BCUT2D eigenvalue weighted by molar-refractivity contribution is 8.93. The zero-order valence-corrected chi connectivity index (χ0v) is 15.1. The lowest BCUT2D eigenvalue weighted by atomic mass is 10.2. The van der Waals surface area contributed by atoms with Crippen LogP contribution in [0.5, 0.6) is 5.75 Å². The molecule has 1 aromatic carbocycles. The number of halogens is 1. The molecule has 0 atom stereocenters. The van der Waals surface area contributed by atoms with E-state index in [0.717, 1.165) is 40.9 Å². The van der Waals surface area contributed by atoms with Crippen molar-refractivity contribution < 1.29 is 4.74 Å². The number of aliphatic imine (C=N–C) groups is 1. The lowest BCUT2D eigenvalue weighted by Gasteiger charge is -2.04. The smallest absolute Gasteiger partial charge is 0.188 e. The van der Waals surface area contributed by atoms with Gasteiger partial charge in [-0.1, -0.05) is 6.42 Å². The lowest BCUT2D eigenvalue weighted by Crippen LogP contribution is -2.11. The fraction of sp³-hybridized carbons (Fsp3) is 0.375. The first-order valence-corrected chi connectivity index (χ1v) is 8.13. The molecule has 6 heteroatoms. The zero-order valence-electron chi connectivity index (χ0n) is 12.5. The molecule has 1 aliphatic rings. The first-order chi connectivity index (χ1) is 10.3. The summed E-state index contributed by atoms with van der Waals surface area (Å²) in [4.78, 5) is 9.23. The van der Waals surface area contributed by atoms with Gasteiger partial charge in [-0.3, -0.25) is 4.99 Å². The van der Waals surface area contributed by atoms with Crippen molar-refractivity contribution in [2.75, 3.05) is 19.0 Å². The second-order valence-electron chi connectivity index (χ2n) is 5.03. The molecule has 1 N–H and O–H groups in total. The summed E-state index contributed by atoms with van der Waals surface area (Å²) in [7, 11) is 1.67. The Bertz CT molecular complexity index is 625. The van der Waals surface area contributed by atoms with Gasteiger partial charge in [-0.25, -0.2) is 4.98 Å². The maximum Gasteiger partial charge on any atom is 0.188 e. The van der Waals surface area contributed by atoms with Crippen molar-refractivity contribution in [3.05, 3.63) is 29.6 Å². The quantitative estimate of drug-likeness (QED) is 0.831. The van der Waals surface area contributed by atoms with E-state index in [4.69, 9.17) is 4.74 Å². The van der Waals surface area contributed by atoms with Crippen LogP contribution in [0.3, 0.4) is 0 Å². The molecule has 0 saturated heterocycles. The minimum Gasteiger partial charge on any atom is -0.497 e. The van der Waals surface area contributed by atoms with Gasteiger partial charge in [-0.2, -0.15) is 0 Å². The standard InChI is InChI=1S/C16H19N3OS.BrH/c1-20-13-8-6-12(7-9-13)14-11-21-16(18-14)19-15-5-3-2-4-10-17-15;/h6-9,11H,2-5,10H2,1H3,(H,17,18,19);1H. The van der Waals surface area contributed by atoms with Gasteiger partial charge in [0, 0.05) is 23.9 Å². The van der Waals surface area contributed by atoms with Gasteiger partial charge in [0.15, 0.2) is 5.13 Å². The fourth-order valence-electron chi connectivity index (χ4n) is 2.33. The molecule has 1 aliphatic heterocycles. The van der Waals surface area contributed by atoms with Crippen LogP contribution in [0.25, 0.3) is 11.3 Å². The summed E-state index contributed by atoms with van der Waals surface area (Å²) in [5.74, 6) is 1.93. The number of hydrogen-bond acceptors (Lipinski definition) is 5. The molecule has 2 aromatic rings. The Labute approximate surface area is 145 Å². The van der Waals surface area contributed by atoms with Crippen LogP contribution in [0.2, 0.25) is 0 Å². The van der Waals surface area contributed by atoms with Crippen LogP contribution in [-0.2, 0) is 0 Å². The molecule has 0 aliphatic carbocycles. The molecule has 0 saturated carbocycles. The Kier molecular flexibility index (Phi) is 6.39. The van der Waals surface area contributed by atoms with E-state index >= 15 is 0 Å². The van der Waals surface area contributed by atoms with E-state index in [-0.39, 0.29) is 17.0 Å². The Morgan fingerprint density at radius 1 is 1.14 bits per heavy atom. The van der Waals surface area contributed by atoms with E-state index in [9.17, 15) is 0 Å². The topological polar surface area (TPSA) is 46.5 Å². The van der Waals surface area contributed by atoms with E-state index in [1.165, 1.54) is 19.3 Å². The van der Waals surface area contributed by atoms with Crippen molar-refractivity contribution in [2.24, 2.45) is 4.99 Å². The zero-order chi connectivity index (χ0) is 14.5. The molecule has 4 nitrogen and oxygen atoms in total. The Balaban J connectivity index is 0.00000176. The second kappa shape index (κ2) is 8.29. The number of benzene rings is 1. The average molecular weight is 382 g/mol. The number of methoxy groups -OCH3 is 1. The van der Waals surface area contributed by atoms with Crippen LogP contribution >= 0.6 is 28.3 Å². The van der Waals surface area contributed by atoms with Gasteiger partial charge < -0.3 is 10.1 Å². The number of thiazole rings is 1. The largest absolute Gasteiger partial charge is 0.497 e. The molecular weight excluding hydrogens is 362 g/mol. The number of rotatable bonds is 3. The summed E-state index contributed by atoms with van der Waals surface area (Å²) in [6.45, 7) is 0.930. The van der Waals surface area contributed by atoms with Crippen LogP contribution in [0.4, 0.5) is 5.13 Å². The van der Waals surface area contributed by atoms with E-state index in [1.807, 2.05) is 24.3 Å². The molecule has 0 radical (unpaired) electrons. The van der Waals surface area contributed by atoms with Gasteiger partial charge in [0.25, 0.3) is 0 Å². The summed E-state index contributed by atoms with van der Waals surface area (Å²) in [6, 6.07) is 7.97. The van der Waals surface area contributed by atoms with Crippen molar-refractivity contribution in [2.45, 2.75) is 25.7 Å². The molecule has 3 rings (SSSR count). The fourth-order valence-corrected chi connectivity index (χ4v) is 3.06. The van der Waals surface area contributed by atoms with Crippen molar-refractivity contribution in [1.29, 1.82) is 0 Å². The van der Waals surface area contributed by atoms with Crippen LogP contribution in [-0.4, -0.2) is 24.5 Å². The average Bonchev–Trinajstić information content (AvgIpc) is 2.83. The molecule has 2 heterocycles. The first-order valence-electron chi connectivity index (χ1n) is 7.25. The normalized spacial score (nSPS) is 14.5. The molecule has 0 fully saturated rings. The van der Waals surface area contributed by atoms with Crippen LogP contribution < -0.4 is 10.1 Å². The minimum absolute atomic E-state index is 0. The van der Waals surface area contributed by atoms with Crippen LogP contribution in [0, 0.1) is 0 Å². The predicted molar refractivity (Wildman–Crippen MR) is 98.8 cm³/mol. The Hall–Kier alpha value is -1.40. The Morgan fingerprint density at radius 2 is 1.95 bits per heavy atom. The van der Waals surface area contributed by atoms with Crippen molar-refractivity contribution in [3.8, 4) is 17.0 Å². The van der Waals surface area contributed by atoms with Gasteiger partial charge in [0.2, 0.25) is 0 Å². The SMILES string of the molecule is Br.COc1ccc(-c2csc(NC3=NCCCCC3)n2)cc1. The molecule has 118 valence electrons. The summed E-state index contributed by atoms with van der Waals surface area (Å²) >= 11 is 1.62. The van der Waals surface area contributed by atoms with E-state index in [2.05, 4.69) is 20.7 Å². The molecule has 0 amide bonds. The van der Waals surface area contributed by atoms with Gasteiger partial charge in [-0.05, 0) is 37.1 Å². The minimum atomic E-state index is 0. The number of nitrogens with zero attached hydrogens (tertiary/aromatic N) is 2. The highest BCUT2D eigenvalue weighted by atomic mass is 79.9. The molecule has 0 unspecified atom stereocenters. The third-order valence-electron chi connectivity index (χ3n) is 3.52. The number of anilines is 1.